The molecule has 1 heterocycles. The fourth-order valence-corrected chi connectivity index (χ4v) is 3.27. The molecular formula is C23H28N2O3. The highest BCUT2D eigenvalue weighted by molar-refractivity contribution is 5.32. The van der Waals surface area contributed by atoms with Crippen molar-refractivity contribution in [2.75, 3.05) is 6.61 Å². The van der Waals surface area contributed by atoms with E-state index in [0.29, 0.717) is 25.9 Å². The van der Waals surface area contributed by atoms with Crippen LogP contribution in [0.2, 0.25) is 0 Å². The summed E-state index contributed by atoms with van der Waals surface area (Å²) in [5, 5.41) is 15.8. The van der Waals surface area contributed by atoms with Gasteiger partial charge in [-0.25, -0.2) is 0 Å². The zero-order valence-electron chi connectivity index (χ0n) is 16.4. The largest absolute Gasteiger partial charge is 0.493 e. The number of aromatic amines is 2. The maximum Gasteiger partial charge on any atom is 0.267 e. The molecular weight excluding hydrogens is 352 g/mol. The van der Waals surface area contributed by atoms with Crippen LogP contribution in [0.4, 0.5) is 0 Å². The summed E-state index contributed by atoms with van der Waals surface area (Å²) in [5.74, 6) is 1.03. The standard InChI is InChI=1S/C23H28N2O3/c1-16(2)22-21(23(27)25-24-22)15-18-8-10-20(11-9-18)28-13-12-19(26)14-17-6-4-3-5-7-17/h3-11,16,19,26H,12-15H2,1-2H3,(H2,24,25,27). The number of H-pyrrole nitrogens is 2. The smallest absolute Gasteiger partial charge is 0.267 e. The minimum Gasteiger partial charge on any atom is -0.493 e. The molecule has 3 rings (SSSR count). The van der Waals surface area contributed by atoms with E-state index in [2.05, 4.69) is 24.0 Å². The summed E-state index contributed by atoms with van der Waals surface area (Å²) >= 11 is 0. The maximum absolute atomic E-state index is 12.0. The Labute approximate surface area is 165 Å². The molecule has 28 heavy (non-hydrogen) atoms. The Hall–Kier alpha value is -2.79. The van der Waals surface area contributed by atoms with E-state index < -0.39 is 6.10 Å². The lowest BCUT2D eigenvalue weighted by molar-refractivity contribution is 0.139. The highest BCUT2D eigenvalue weighted by Crippen LogP contribution is 2.19. The third-order valence-electron chi connectivity index (χ3n) is 4.83. The van der Waals surface area contributed by atoms with Crippen LogP contribution < -0.4 is 10.3 Å². The number of aliphatic hydroxyl groups excluding tert-OH is 1. The van der Waals surface area contributed by atoms with Gasteiger partial charge in [-0.15, -0.1) is 0 Å². The van der Waals surface area contributed by atoms with Gasteiger partial charge in [-0.05, 0) is 35.6 Å². The van der Waals surface area contributed by atoms with Crippen LogP contribution >= 0.6 is 0 Å². The molecule has 0 saturated heterocycles. The van der Waals surface area contributed by atoms with Crippen molar-refractivity contribution >= 4 is 0 Å². The van der Waals surface area contributed by atoms with Crippen LogP contribution in [0.1, 0.15) is 48.6 Å². The van der Waals surface area contributed by atoms with E-state index in [0.717, 1.165) is 28.1 Å². The third-order valence-corrected chi connectivity index (χ3v) is 4.83. The van der Waals surface area contributed by atoms with Crippen molar-refractivity contribution in [3.8, 4) is 5.75 Å². The molecule has 0 aliphatic heterocycles. The lowest BCUT2D eigenvalue weighted by Crippen LogP contribution is -2.14. The molecule has 3 N–H and O–H groups in total. The van der Waals surface area contributed by atoms with Gasteiger partial charge in [-0.2, -0.15) is 0 Å². The van der Waals surface area contributed by atoms with Crippen LogP contribution in [0, 0.1) is 0 Å². The van der Waals surface area contributed by atoms with Crippen LogP contribution in [0.5, 0.6) is 5.75 Å². The highest BCUT2D eigenvalue weighted by Gasteiger charge is 2.13. The Morgan fingerprint density at radius 2 is 1.68 bits per heavy atom. The Bertz CT molecular complexity index is 911. The van der Waals surface area contributed by atoms with Crippen molar-refractivity contribution in [2.24, 2.45) is 0 Å². The summed E-state index contributed by atoms with van der Waals surface area (Å²) in [6, 6.07) is 17.7. The molecule has 0 fully saturated rings. The minimum atomic E-state index is -0.420. The Kier molecular flexibility index (Phi) is 6.71. The third kappa shape index (κ3) is 5.36. The average molecular weight is 380 g/mol. The van der Waals surface area contributed by atoms with E-state index in [1.807, 2.05) is 54.6 Å². The fourth-order valence-electron chi connectivity index (χ4n) is 3.27. The molecule has 0 aliphatic carbocycles. The van der Waals surface area contributed by atoms with Crippen LogP contribution in [0.25, 0.3) is 0 Å². The van der Waals surface area contributed by atoms with E-state index in [4.69, 9.17) is 4.74 Å². The van der Waals surface area contributed by atoms with Crippen LogP contribution in [-0.4, -0.2) is 28.0 Å². The predicted molar refractivity (Wildman–Crippen MR) is 111 cm³/mol. The van der Waals surface area contributed by atoms with Gasteiger partial charge in [0.1, 0.15) is 5.75 Å². The zero-order chi connectivity index (χ0) is 19.9. The molecule has 1 aromatic heterocycles. The van der Waals surface area contributed by atoms with Gasteiger partial charge < -0.3 is 14.9 Å². The van der Waals surface area contributed by atoms with Gasteiger partial charge in [0, 0.05) is 24.1 Å². The molecule has 1 unspecified atom stereocenters. The minimum absolute atomic E-state index is 0.0589. The summed E-state index contributed by atoms with van der Waals surface area (Å²) in [6.45, 7) is 4.58. The quantitative estimate of drug-likeness (QED) is 0.528. The van der Waals surface area contributed by atoms with Crippen molar-refractivity contribution in [1.29, 1.82) is 0 Å². The van der Waals surface area contributed by atoms with E-state index in [1.54, 1.807) is 0 Å². The molecule has 0 spiro atoms. The Morgan fingerprint density at radius 1 is 0.964 bits per heavy atom. The Morgan fingerprint density at radius 3 is 2.36 bits per heavy atom. The molecule has 0 saturated carbocycles. The lowest BCUT2D eigenvalue weighted by Gasteiger charge is -2.12. The Balaban J connectivity index is 1.50. The van der Waals surface area contributed by atoms with Crippen molar-refractivity contribution in [2.45, 2.75) is 45.1 Å². The number of ether oxygens (including phenoxy) is 1. The summed E-state index contributed by atoms with van der Waals surface area (Å²) < 4.78 is 5.76. The second kappa shape index (κ2) is 9.42. The first kappa shape index (κ1) is 20.0. The summed E-state index contributed by atoms with van der Waals surface area (Å²) in [7, 11) is 0. The second-order valence-electron chi connectivity index (χ2n) is 7.43. The molecule has 1 atom stereocenters. The van der Waals surface area contributed by atoms with Gasteiger partial charge >= 0.3 is 0 Å². The zero-order valence-corrected chi connectivity index (χ0v) is 16.4. The number of benzene rings is 2. The topological polar surface area (TPSA) is 78.1 Å². The normalized spacial score (nSPS) is 12.3. The highest BCUT2D eigenvalue weighted by atomic mass is 16.5. The second-order valence-corrected chi connectivity index (χ2v) is 7.43. The molecule has 0 bridgehead atoms. The predicted octanol–water partition coefficient (Wildman–Crippen LogP) is 3.79. The molecule has 0 amide bonds. The fraction of sp³-hybridized carbons (Fsp3) is 0.348. The molecule has 148 valence electrons. The van der Waals surface area contributed by atoms with E-state index in [-0.39, 0.29) is 11.5 Å². The van der Waals surface area contributed by atoms with Gasteiger partial charge in [-0.1, -0.05) is 56.3 Å². The first-order valence-electron chi connectivity index (χ1n) is 9.76. The molecule has 2 aromatic carbocycles. The number of aromatic nitrogens is 2. The number of nitrogens with one attached hydrogen (secondary N) is 2. The number of aliphatic hydroxyl groups is 1. The van der Waals surface area contributed by atoms with Crippen LogP contribution in [-0.2, 0) is 12.8 Å². The molecule has 5 heteroatoms. The number of rotatable bonds is 9. The van der Waals surface area contributed by atoms with Gasteiger partial charge in [0.25, 0.3) is 5.56 Å². The van der Waals surface area contributed by atoms with Crippen LogP contribution in [0.15, 0.2) is 59.4 Å². The van der Waals surface area contributed by atoms with Crippen molar-refractivity contribution in [3.05, 3.63) is 87.3 Å². The van der Waals surface area contributed by atoms with Crippen LogP contribution in [0.3, 0.4) is 0 Å². The summed E-state index contributed by atoms with van der Waals surface area (Å²) in [6.07, 6.45) is 1.37. The summed E-state index contributed by atoms with van der Waals surface area (Å²) in [4.78, 5) is 12.0. The van der Waals surface area contributed by atoms with Crippen molar-refractivity contribution in [1.82, 2.24) is 10.2 Å². The summed E-state index contributed by atoms with van der Waals surface area (Å²) in [5.41, 5.74) is 3.87. The van der Waals surface area contributed by atoms with Crippen molar-refractivity contribution < 1.29 is 9.84 Å². The number of hydrogen-bond donors (Lipinski definition) is 3. The van der Waals surface area contributed by atoms with Gasteiger partial charge in [0.2, 0.25) is 0 Å². The van der Waals surface area contributed by atoms with Gasteiger partial charge in [-0.3, -0.25) is 9.89 Å². The SMILES string of the molecule is CC(C)c1[nH][nH]c(=O)c1Cc1ccc(OCCC(O)Cc2ccccc2)cc1. The molecule has 0 aliphatic rings. The maximum atomic E-state index is 12.0. The van der Waals surface area contributed by atoms with Gasteiger partial charge in [0.05, 0.1) is 12.7 Å². The first-order chi connectivity index (χ1) is 13.5. The van der Waals surface area contributed by atoms with E-state index in [1.165, 1.54) is 0 Å². The van der Waals surface area contributed by atoms with E-state index in [9.17, 15) is 9.90 Å². The van der Waals surface area contributed by atoms with E-state index >= 15 is 0 Å². The molecule has 0 radical (unpaired) electrons. The van der Waals surface area contributed by atoms with Crippen molar-refractivity contribution in [3.63, 3.8) is 0 Å². The van der Waals surface area contributed by atoms with Gasteiger partial charge in [0.15, 0.2) is 0 Å². The first-order valence-corrected chi connectivity index (χ1v) is 9.76. The number of hydrogen-bond acceptors (Lipinski definition) is 3. The lowest BCUT2D eigenvalue weighted by atomic mass is 10.00. The molecule has 3 aromatic rings. The average Bonchev–Trinajstić information content (AvgIpc) is 3.05. The monoisotopic (exact) mass is 380 g/mol. The molecule has 5 nitrogen and oxygen atoms in total.